The van der Waals surface area contributed by atoms with Crippen LogP contribution < -0.4 is 42.4 Å². The van der Waals surface area contributed by atoms with Crippen molar-refractivity contribution >= 4 is 47.6 Å². The van der Waals surface area contributed by atoms with E-state index in [1.54, 1.807) is 0 Å². The van der Waals surface area contributed by atoms with E-state index in [1.165, 1.54) is 28.2 Å². The van der Waals surface area contributed by atoms with Gasteiger partial charge in [-0.1, -0.05) is 5.92 Å². The minimum atomic E-state index is -4.25. The third-order valence-corrected chi connectivity index (χ3v) is 8.74. The molecule has 0 saturated carbocycles. The van der Waals surface area contributed by atoms with Crippen molar-refractivity contribution in [2.45, 2.75) is 12.2 Å². The highest BCUT2D eigenvalue weighted by atomic mass is 32.1. The first-order chi connectivity index (χ1) is 24.5. The van der Waals surface area contributed by atoms with Gasteiger partial charge in [0, 0.05) is 40.3 Å². The van der Waals surface area contributed by atoms with Gasteiger partial charge in [-0.05, 0) is 36.6 Å². The number of nitrogens with zero attached hydrogens (tertiary/aromatic N) is 7. The second-order valence-corrected chi connectivity index (χ2v) is 11.7. The van der Waals surface area contributed by atoms with Gasteiger partial charge in [-0.3, -0.25) is 32.8 Å². The van der Waals surface area contributed by atoms with Gasteiger partial charge in [0.05, 0.1) is 29.3 Å². The van der Waals surface area contributed by atoms with E-state index >= 15 is 0 Å². The quantitative estimate of drug-likeness (QED) is 0.182. The molecule has 0 fully saturated rings. The minimum Gasteiger partial charge on any atom is -0.423 e. The van der Waals surface area contributed by atoms with Gasteiger partial charge in [-0.15, -0.1) is 6.42 Å². The van der Waals surface area contributed by atoms with Crippen LogP contribution in [0.3, 0.4) is 0 Å². The number of anilines is 2. The maximum atomic E-state index is 14.6. The number of amides is 2. The fourth-order valence-corrected chi connectivity index (χ4v) is 5.24. The standard InChI is InChI=1S/C16H11F3N4O4S.C13H9F3N4O4S/c1-4-5-22-10-7-9(8(17)6-11(10)27-16(18,19)12(22)24)23-13(25)20(2)15(28)21(3)14(23)26;1-18-10(22)20(11(23)19(2)12(18)25)7-4-6-8(3-5(7)14)24-13(15,16)9(21)17-6/h1,6-7H,5H2,2-3H3;3-4H,1-2H3,(H,17,21). The molecule has 4 heterocycles. The van der Waals surface area contributed by atoms with E-state index in [1.807, 2.05) is 11.2 Å². The lowest BCUT2D eigenvalue weighted by Crippen LogP contribution is -2.51. The van der Waals surface area contributed by atoms with Crippen LogP contribution in [0.15, 0.2) is 43.4 Å². The SMILES string of the molecule is C#CCN1C(=O)C(F)(F)Oc2cc(F)c(-n3c(=O)n(C)c(=S)n(C)c3=O)cc21.Cn1c(=S)n(C)c(=O)n(-c2cc3c(cc2F)OC(F)(F)C(=O)N3)c1=O. The molecule has 0 bridgehead atoms. The van der Waals surface area contributed by atoms with E-state index in [-0.39, 0.29) is 20.9 Å². The highest BCUT2D eigenvalue weighted by Crippen LogP contribution is 2.41. The van der Waals surface area contributed by atoms with Gasteiger partial charge in [0.15, 0.2) is 32.7 Å². The van der Waals surface area contributed by atoms with E-state index in [0.717, 1.165) is 30.4 Å². The van der Waals surface area contributed by atoms with Gasteiger partial charge in [-0.25, -0.2) is 37.1 Å². The van der Waals surface area contributed by atoms with Crippen LogP contribution >= 0.6 is 24.4 Å². The predicted octanol–water partition coefficient (Wildman–Crippen LogP) is 1.36. The van der Waals surface area contributed by atoms with Gasteiger partial charge in [0.2, 0.25) is 0 Å². The first kappa shape index (κ1) is 38.0. The summed E-state index contributed by atoms with van der Waals surface area (Å²) in [6, 6.07) is 2.80. The number of carbonyl (C=O) groups excluding carboxylic acids is 2. The Hall–Kier alpha value is -6.22. The fraction of sp³-hybridized carbons (Fsp3) is 0.241. The third kappa shape index (κ3) is 6.22. The largest absolute Gasteiger partial charge is 0.483 e. The number of fused-ring (bicyclic) bond motifs is 2. The summed E-state index contributed by atoms with van der Waals surface area (Å²) in [4.78, 5) is 73.2. The van der Waals surface area contributed by atoms with Crippen LogP contribution in [-0.2, 0) is 37.8 Å². The summed E-state index contributed by atoms with van der Waals surface area (Å²) in [5.74, 6) is -5.18. The molecule has 0 spiro atoms. The molecule has 0 saturated heterocycles. The number of hydrogen-bond donors (Lipinski definition) is 1. The van der Waals surface area contributed by atoms with E-state index in [4.69, 9.17) is 30.9 Å². The van der Waals surface area contributed by atoms with Crippen LogP contribution in [0.1, 0.15) is 0 Å². The molecule has 6 rings (SSSR count). The van der Waals surface area contributed by atoms with Crippen LogP contribution in [-0.4, -0.2) is 58.0 Å². The van der Waals surface area contributed by atoms with Gasteiger partial charge in [-0.2, -0.15) is 17.6 Å². The summed E-state index contributed by atoms with van der Waals surface area (Å²) in [5, 5.41) is 1.83. The van der Waals surface area contributed by atoms with E-state index in [2.05, 4.69) is 9.47 Å². The van der Waals surface area contributed by atoms with Gasteiger partial charge in [0.25, 0.3) is 0 Å². The van der Waals surface area contributed by atoms with Crippen LogP contribution in [0.2, 0.25) is 0 Å². The second-order valence-electron chi connectivity index (χ2n) is 11.0. The maximum Gasteiger partial charge on any atom is 0.483 e. The first-order valence-corrected chi connectivity index (χ1v) is 15.0. The normalized spacial score (nSPS) is 15.2. The van der Waals surface area contributed by atoms with Crippen LogP contribution in [0.4, 0.5) is 37.7 Å². The van der Waals surface area contributed by atoms with Gasteiger partial charge >= 0.3 is 46.8 Å². The highest BCUT2D eigenvalue weighted by Gasteiger charge is 2.51. The Kier molecular flexibility index (Phi) is 9.38. The van der Waals surface area contributed by atoms with E-state index in [0.29, 0.717) is 26.2 Å². The zero-order valence-corrected chi connectivity index (χ0v) is 28.7. The summed E-state index contributed by atoms with van der Waals surface area (Å²) < 4.78 is 95.8. The second kappa shape index (κ2) is 13.1. The Bertz CT molecular complexity index is 2630. The molecule has 0 atom stereocenters. The van der Waals surface area contributed by atoms with Crippen LogP contribution in [0.25, 0.3) is 11.4 Å². The van der Waals surface area contributed by atoms with Crippen molar-refractivity contribution in [2.75, 3.05) is 16.8 Å². The number of nitrogens with one attached hydrogen (secondary N) is 1. The Morgan fingerprint density at radius 3 is 1.55 bits per heavy atom. The van der Waals surface area contributed by atoms with Crippen molar-refractivity contribution in [2.24, 2.45) is 28.2 Å². The molecule has 2 amide bonds. The Morgan fingerprint density at radius 1 is 0.679 bits per heavy atom. The number of carbonyl (C=O) groups is 2. The van der Waals surface area contributed by atoms with Crippen LogP contribution in [0, 0.1) is 33.5 Å². The molecule has 2 aliphatic heterocycles. The van der Waals surface area contributed by atoms with Crippen molar-refractivity contribution in [3.05, 3.63) is 87.4 Å². The summed E-state index contributed by atoms with van der Waals surface area (Å²) >= 11 is 9.85. The lowest BCUT2D eigenvalue weighted by Gasteiger charge is -2.32. The number of terminal acetylenes is 1. The van der Waals surface area contributed by atoms with Crippen LogP contribution in [0.5, 0.6) is 11.5 Å². The molecule has 53 heavy (non-hydrogen) atoms. The average molecular weight is 787 g/mol. The smallest absolute Gasteiger partial charge is 0.423 e. The van der Waals surface area contributed by atoms with Gasteiger partial charge in [0.1, 0.15) is 0 Å². The van der Waals surface area contributed by atoms with E-state index in [9.17, 15) is 55.1 Å². The summed E-state index contributed by atoms with van der Waals surface area (Å²) in [6.07, 6.45) is -3.29. The lowest BCUT2D eigenvalue weighted by molar-refractivity contribution is -0.192. The highest BCUT2D eigenvalue weighted by molar-refractivity contribution is 7.71. The molecule has 0 radical (unpaired) electrons. The number of ether oxygens (including phenoxy) is 2. The zero-order valence-electron chi connectivity index (χ0n) is 27.1. The Morgan fingerprint density at radius 2 is 1.09 bits per heavy atom. The molecule has 0 aliphatic carbocycles. The summed E-state index contributed by atoms with van der Waals surface area (Å²) in [7, 11) is 5.11. The number of rotatable bonds is 3. The first-order valence-electron chi connectivity index (χ1n) is 14.2. The predicted molar refractivity (Wildman–Crippen MR) is 175 cm³/mol. The molecule has 4 aromatic rings. The molecule has 1 N–H and O–H groups in total. The molecule has 278 valence electrons. The average Bonchev–Trinajstić information content (AvgIpc) is 3.08. The van der Waals surface area contributed by atoms with Crippen molar-refractivity contribution in [1.82, 2.24) is 27.4 Å². The van der Waals surface area contributed by atoms with Crippen molar-refractivity contribution in [3.63, 3.8) is 0 Å². The van der Waals surface area contributed by atoms with Crippen molar-refractivity contribution < 1.29 is 45.4 Å². The lowest BCUT2D eigenvalue weighted by atomic mass is 10.2. The summed E-state index contributed by atoms with van der Waals surface area (Å²) in [5.41, 5.74) is -5.59. The molecule has 2 aromatic heterocycles. The monoisotopic (exact) mass is 786 g/mol. The number of halogens is 6. The summed E-state index contributed by atoms with van der Waals surface area (Å²) in [6.45, 7) is -0.568. The number of aromatic nitrogens is 6. The minimum absolute atomic E-state index is 0.0964. The number of benzene rings is 2. The van der Waals surface area contributed by atoms with Crippen molar-refractivity contribution in [3.8, 4) is 35.2 Å². The topological polar surface area (TPSA) is 166 Å². The Labute approximate surface area is 299 Å². The number of alkyl halides is 4. The molecular formula is C29H20F6N8O8S2. The van der Waals surface area contributed by atoms with E-state index < -0.39 is 87.8 Å². The molecule has 2 aliphatic rings. The van der Waals surface area contributed by atoms with Crippen molar-refractivity contribution in [1.29, 1.82) is 0 Å². The maximum absolute atomic E-state index is 14.6. The number of hydrogen-bond acceptors (Lipinski definition) is 10. The molecule has 2 aromatic carbocycles. The fourth-order valence-electron chi connectivity index (χ4n) is 4.92. The zero-order chi connectivity index (χ0) is 39.6. The molecule has 16 nitrogen and oxygen atoms in total. The van der Waals surface area contributed by atoms with Gasteiger partial charge < -0.3 is 14.8 Å². The third-order valence-electron chi connectivity index (χ3n) is 7.64. The molecule has 0 unspecified atom stereocenters. The molecular weight excluding hydrogens is 766 g/mol. The Balaban J connectivity index is 0.000000206. The molecule has 24 heteroatoms.